The molecule has 0 radical (unpaired) electrons. The number of fused-ring (bicyclic) bond motifs is 2. The van der Waals surface area contributed by atoms with Crippen LogP contribution in [-0.4, -0.2) is 81.2 Å². The molecule has 0 aliphatic rings. The lowest BCUT2D eigenvalue weighted by atomic mass is 10.0. The summed E-state index contributed by atoms with van der Waals surface area (Å²) in [6, 6.07) is 13.6. The third-order valence-electron chi connectivity index (χ3n) is 8.48. The topological polar surface area (TPSA) is 140 Å². The van der Waals surface area contributed by atoms with E-state index in [0.29, 0.717) is 51.0 Å². The minimum absolute atomic E-state index is 0.0884. The van der Waals surface area contributed by atoms with Crippen molar-refractivity contribution in [3.8, 4) is 17.2 Å². The Morgan fingerprint density at radius 3 is 2.02 bits per heavy atom. The average Bonchev–Trinajstić information content (AvgIpc) is 3.02. The summed E-state index contributed by atoms with van der Waals surface area (Å²) >= 11 is 0. The summed E-state index contributed by atoms with van der Waals surface area (Å²) in [5.41, 5.74) is 2.58. The number of aromatic carboxylic acids is 1. The predicted molar refractivity (Wildman–Crippen MR) is 184 cm³/mol. The van der Waals surface area contributed by atoms with Gasteiger partial charge in [0.15, 0.2) is 6.54 Å². The van der Waals surface area contributed by atoms with Crippen LogP contribution in [0.4, 0.5) is 0 Å². The molecule has 0 fully saturated rings. The maximum atomic E-state index is 14.2. The van der Waals surface area contributed by atoms with Gasteiger partial charge in [-0.3, -0.25) is 4.55 Å². The largest absolute Gasteiger partial charge is 0.497 e. The fraction of sp³-hybridized carbons (Fsp3) is 0.417. The zero-order valence-electron chi connectivity index (χ0n) is 28.5. The first kappa shape index (κ1) is 36.6. The van der Waals surface area contributed by atoms with Crippen LogP contribution in [0.25, 0.3) is 21.8 Å². The Morgan fingerprint density at radius 1 is 0.875 bits per heavy atom. The van der Waals surface area contributed by atoms with Crippen molar-refractivity contribution in [2.45, 2.75) is 53.0 Å². The zero-order valence-corrected chi connectivity index (χ0v) is 29.4. The number of nitrogens with zero attached hydrogens (tertiary/aromatic N) is 2. The summed E-state index contributed by atoms with van der Waals surface area (Å²) in [6.45, 7) is 8.29. The quantitative estimate of drug-likeness (QED) is 0.0288. The normalized spacial score (nSPS) is 12.0. The highest BCUT2D eigenvalue weighted by Crippen LogP contribution is 2.33. The molecule has 0 unspecified atom stereocenters. The number of pyridine rings is 1. The molecule has 3 aromatic carbocycles. The van der Waals surface area contributed by atoms with Crippen LogP contribution in [0.1, 0.15) is 64.4 Å². The highest BCUT2D eigenvalue weighted by Gasteiger charge is 2.28. The van der Waals surface area contributed by atoms with Crippen molar-refractivity contribution < 1.29 is 50.9 Å². The molecule has 0 bridgehead atoms. The first-order chi connectivity index (χ1) is 22.6. The number of hydrogen-bond donors (Lipinski definition) is 2. The number of carbonyl (C=O) groups is 2. The Morgan fingerprint density at radius 2 is 1.46 bits per heavy atom. The molecule has 0 saturated heterocycles. The van der Waals surface area contributed by atoms with E-state index in [4.69, 9.17) is 14.2 Å². The van der Waals surface area contributed by atoms with Crippen LogP contribution in [-0.2, 0) is 16.7 Å². The van der Waals surface area contributed by atoms with E-state index < -0.39 is 27.8 Å². The number of esters is 1. The highest BCUT2D eigenvalue weighted by molar-refractivity contribution is 7.85. The molecule has 4 rings (SSSR count). The number of carboxylic acid groups (broad SMARTS) is 1. The molecule has 0 amide bonds. The van der Waals surface area contributed by atoms with E-state index in [1.54, 1.807) is 38.1 Å². The second-order valence-corrected chi connectivity index (χ2v) is 14.4. The fourth-order valence-electron chi connectivity index (χ4n) is 6.02. The molecule has 0 aliphatic heterocycles. The van der Waals surface area contributed by atoms with Crippen LogP contribution >= 0.6 is 0 Å². The summed E-state index contributed by atoms with van der Waals surface area (Å²) in [5, 5.41) is 10.5. The third-order valence-corrected chi connectivity index (χ3v) is 9.28. The van der Waals surface area contributed by atoms with Gasteiger partial charge in [-0.2, -0.15) is 13.0 Å². The van der Waals surface area contributed by atoms with Crippen LogP contribution in [0.2, 0.25) is 0 Å². The van der Waals surface area contributed by atoms with E-state index in [1.165, 1.54) is 19.2 Å². The molecule has 0 aliphatic carbocycles. The Bertz CT molecular complexity index is 1910. The lowest BCUT2D eigenvalue weighted by Gasteiger charge is -2.29. The first-order valence-electron chi connectivity index (χ1n) is 16.1. The van der Waals surface area contributed by atoms with Crippen LogP contribution < -0.4 is 18.8 Å². The van der Waals surface area contributed by atoms with Crippen molar-refractivity contribution in [3.05, 3.63) is 70.8 Å². The van der Waals surface area contributed by atoms with Gasteiger partial charge in [0.25, 0.3) is 10.1 Å². The molecule has 2 N–H and O–H groups in total. The second kappa shape index (κ2) is 15.3. The van der Waals surface area contributed by atoms with E-state index in [9.17, 15) is 27.7 Å². The van der Waals surface area contributed by atoms with Gasteiger partial charge >= 0.3 is 11.9 Å². The zero-order chi connectivity index (χ0) is 35.2. The number of rotatable bonds is 16. The lowest BCUT2D eigenvalue weighted by molar-refractivity contribution is -0.890. The van der Waals surface area contributed by atoms with Crippen LogP contribution in [0, 0.1) is 13.8 Å². The van der Waals surface area contributed by atoms with Crippen molar-refractivity contribution in [3.63, 3.8) is 0 Å². The van der Waals surface area contributed by atoms with Crippen LogP contribution in [0.3, 0.4) is 0 Å². The van der Waals surface area contributed by atoms with Gasteiger partial charge < -0.3 is 23.8 Å². The minimum Gasteiger partial charge on any atom is -0.497 e. The number of hydrogen-bond acceptors (Lipinski definition) is 7. The Hall–Kier alpha value is -4.26. The first-order valence-corrected chi connectivity index (χ1v) is 17.7. The van der Waals surface area contributed by atoms with Crippen molar-refractivity contribution in [2.24, 2.45) is 0 Å². The van der Waals surface area contributed by atoms with E-state index >= 15 is 0 Å². The number of carboxylic acids is 1. The van der Waals surface area contributed by atoms with Crippen molar-refractivity contribution in [1.29, 1.82) is 0 Å². The SMILES string of the molecule is CCCC[N+](C)(C)CCCOc1ccc2c(c1)c(C(=O)Oc1c(C)cc(C(=O)O)cc1C)c1cc(OC)ccc1[n+]2CCCS(=O)(=O)O. The van der Waals surface area contributed by atoms with Crippen molar-refractivity contribution >= 4 is 43.9 Å². The number of carbonyl (C=O) groups excluding carboxylic acids is 1. The van der Waals surface area contributed by atoms with E-state index in [2.05, 4.69) is 21.0 Å². The van der Waals surface area contributed by atoms with Gasteiger partial charge in [0.2, 0.25) is 11.0 Å². The number of benzene rings is 3. The highest BCUT2D eigenvalue weighted by atomic mass is 32.2. The van der Waals surface area contributed by atoms with Crippen LogP contribution in [0.5, 0.6) is 17.2 Å². The maximum absolute atomic E-state index is 14.2. The molecule has 12 heteroatoms. The van der Waals surface area contributed by atoms with E-state index in [1.807, 2.05) is 16.7 Å². The molecule has 11 nitrogen and oxygen atoms in total. The maximum Gasteiger partial charge on any atom is 0.345 e. The summed E-state index contributed by atoms with van der Waals surface area (Å²) in [7, 11) is 1.76. The molecule has 1 aromatic heterocycles. The number of unbranched alkanes of at least 4 members (excludes halogenated alkanes) is 1. The van der Waals surface area contributed by atoms with Gasteiger partial charge in [-0.05, 0) is 67.8 Å². The average molecular weight is 683 g/mol. The van der Waals surface area contributed by atoms with Crippen molar-refractivity contribution in [2.75, 3.05) is 46.7 Å². The third kappa shape index (κ3) is 9.00. The number of ether oxygens (including phenoxy) is 3. The van der Waals surface area contributed by atoms with Gasteiger partial charge in [-0.1, -0.05) is 13.3 Å². The predicted octanol–water partition coefficient (Wildman–Crippen LogP) is 5.75. The van der Waals surface area contributed by atoms with Crippen LogP contribution in [0.15, 0.2) is 48.5 Å². The smallest absolute Gasteiger partial charge is 0.345 e. The Kier molecular flexibility index (Phi) is 11.7. The molecular weight excluding hydrogens is 636 g/mol. The fourth-order valence-corrected chi connectivity index (χ4v) is 6.51. The number of aryl methyl sites for hydroxylation is 3. The molecule has 4 aromatic rings. The van der Waals surface area contributed by atoms with E-state index in [-0.39, 0.29) is 29.8 Å². The Balaban J connectivity index is 1.83. The molecule has 1 heterocycles. The van der Waals surface area contributed by atoms with Crippen molar-refractivity contribution in [1.82, 2.24) is 0 Å². The van der Waals surface area contributed by atoms with Gasteiger partial charge in [0.05, 0.1) is 68.6 Å². The molecular formula is C36H46N2O9S+2. The summed E-state index contributed by atoms with van der Waals surface area (Å²) in [6.07, 6.45) is 3.26. The molecule has 48 heavy (non-hydrogen) atoms. The van der Waals surface area contributed by atoms with E-state index in [0.717, 1.165) is 36.8 Å². The number of methoxy groups -OCH3 is 1. The van der Waals surface area contributed by atoms with Gasteiger partial charge in [0.1, 0.15) is 17.2 Å². The summed E-state index contributed by atoms with van der Waals surface area (Å²) < 4.78 is 53.1. The Labute approximate surface area is 282 Å². The molecule has 0 spiro atoms. The lowest BCUT2D eigenvalue weighted by Crippen LogP contribution is -2.41. The molecule has 0 atom stereocenters. The minimum atomic E-state index is -4.19. The molecule has 0 saturated carbocycles. The van der Waals surface area contributed by atoms with Gasteiger partial charge in [-0.25, -0.2) is 9.59 Å². The van der Waals surface area contributed by atoms with Gasteiger partial charge in [-0.15, -0.1) is 0 Å². The summed E-state index contributed by atoms with van der Waals surface area (Å²) in [5.74, 6) is -0.863. The standard InChI is InChI=1S/C36H44N2O9S/c1-7-8-16-38(4,5)17-10-18-46-28-12-14-32-30(23-28)33(36(41)47-34-24(2)20-26(35(39)40)21-25(34)3)29-22-27(45-6)11-13-31(29)37(32)15-9-19-48(42,43)44/h11-14,20-23H,7-10,15-19H2,1-6H3/p+2. The monoisotopic (exact) mass is 682 g/mol. The number of aromatic nitrogens is 1. The second-order valence-electron chi connectivity index (χ2n) is 12.8. The number of quaternary nitrogens is 1. The molecule has 258 valence electrons. The summed E-state index contributed by atoms with van der Waals surface area (Å²) in [4.78, 5) is 25.9. The van der Waals surface area contributed by atoms with Gasteiger partial charge in [0, 0.05) is 25.0 Å².